The number of benzene rings is 1. The predicted octanol–water partition coefficient (Wildman–Crippen LogP) is 3.58. The van der Waals surface area contributed by atoms with Crippen molar-refractivity contribution in [1.82, 2.24) is 10.3 Å². The van der Waals surface area contributed by atoms with Crippen molar-refractivity contribution < 1.29 is 9.53 Å². The van der Waals surface area contributed by atoms with Crippen LogP contribution in [0.15, 0.2) is 18.2 Å². The SMILES string of the molecule is COc1ccc2sc(N3CCC(CC(=O)NC4CCC4)CC3)nc2c1. The molecule has 0 spiro atoms. The highest BCUT2D eigenvalue weighted by molar-refractivity contribution is 7.22. The van der Waals surface area contributed by atoms with Crippen LogP contribution in [-0.4, -0.2) is 37.1 Å². The second-order valence-electron chi connectivity index (χ2n) is 7.16. The number of anilines is 1. The first-order chi connectivity index (χ1) is 12.2. The Morgan fingerprint density at radius 3 is 2.80 bits per heavy atom. The Morgan fingerprint density at radius 2 is 2.12 bits per heavy atom. The monoisotopic (exact) mass is 359 g/mol. The number of fused-ring (bicyclic) bond motifs is 1. The van der Waals surface area contributed by atoms with Gasteiger partial charge in [-0.15, -0.1) is 0 Å². The topological polar surface area (TPSA) is 54.5 Å². The Labute approximate surface area is 152 Å². The fourth-order valence-corrected chi connectivity index (χ4v) is 4.58. The van der Waals surface area contributed by atoms with Crippen molar-refractivity contribution in [1.29, 1.82) is 0 Å². The summed E-state index contributed by atoms with van der Waals surface area (Å²) in [4.78, 5) is 19.2. The standard InChI is InChI=1S/C19H25N3O2S/c1-24-15-5-6-17-16(12-15)21-19(25-17)22-9-7-13(8-10-22)11-18(23)20-14-3-2-4-14/h5-6,12-14H,2-4,7-11H2,1H3,(H,20,23). The van der Waals surface area contributed by atoms with E-state index in [0.717, 1.165) is 55.2 Å². The Hall–Kier alpha value is -1.82. The highest BCUT2D eigenvalue weighted by atomic mass is 32.1. The summed E-state index contributed by atoms with van der Waals surface area (Å²) in [6.07, 6.45) is 6.40. The fourth-order valence-electron chi connectivity index (χ4n) is 3.59. The van der Waals surface area contributed by atoms with E-state index in [1.54, 1.807) is 18.4 Å². The number of rotatable bonds is 5. The number of methoxy groups -OCH3 is 1. The smallest absolute Gasteiger partial charge is 0.220 e. The van der Waals surface area contributed by atoms with Gasteiger partial charge in [0.2, 0.25) is 5.91 Å². The molecule has 0 atom stereocenters. The number of hydrogen-bond acceptors (Lipinski definition) is 5. The molecule has 5 nitrogen and oxygen atoms in total. The fraction of sp³-hybridized carbons (Fsp3) is 0.579. The van der Waals surface area contributed by atoms with Gasteiger partial charge >= 0.3 is 0 Å². The third-order valence-electron chi connectivity index (χ3n) is 5.41. The van der Waals surface area contributed by atoms with Gasteiger partial charge in [0.05, 0.1) is 17.3 Å². The minimum atomic E-state index is 0.246. The van der Waals surface area contributed by atoms with E-state index in [2.05, 4.69) is 16.3 Å². The van der Waals surface area contributed by atoms with Crippen LogP contribution in [-0.2, 0) is 4.79 Å². The summed E-state index contributed by atoms with van der Waals surface area (Å²) < 4.78 is 6.47. The number of carbonyl (C=O) groups excluding carboxylic acids is 1. The Bertz CT molecular complexity index is 748. The maximum atomic E-state index is 12.1. The van der Waals surface area contributed by atoms with Gasteiger partial charge in [-0.05, 0) is 50.2 Å². The summed E-state index contributed by atoms with van der Waals surface area (Å²) in [6, 6.07) is 6.50. The van der Waals surface area contributed by atoms with E-state index in [1.807, 2.05) is 12.1 Å². The number of carbonyl (C=O) groups is 1. The van der Waals surface area contributed by atoms with Crippen molar-refractivity contribution in [2.45, 2.75) is 44.6 Å². The van der Waals surface area contributed by atoms with E-state index >= 15 is 0 Å². The minimum absolute atomic E-state index is 0.246. The van der Waals surface area contributed by atoms with E-state index in [1.165, 1.54) is 11.1 Å². The molecular formula is C19H25N3O2S. The van der Waals surface area contributed by atoms with E-state index in [9.17, 15) is 4.79 Å². The molecule has 2 heterocycles. The highest BCUT2D eigenvalue weighted by Crippen LogP contribution is 2.33. The molecule has 1 amide bonds. The molecule has 134 valence electrons. The van der Waals surface area contributed by atoms with Crippen LogP contribution in [0.1, 0.15) is 38.5 Å². The molecule has 1 saturated heterocycles. The van der Waals surface area contributed by atoms with Crippen molar-refractivity contribution in [2.24, 2.45) is 5.92 Å². The maximum absolute atomic E-state index is 12.1. The Balaban J connectivity index is 1.32. The lowest BCUT2D eigenvalue weighted by molar-refractivity contribution is -0.123. The number of piperidine rings is 1. The molecule has 6 heteroatoms. The average molecular weight is 359 g/mol. The van der Waals surface area contributed by atoms with Crippen LogP contribution >= 0.6 is 11.3 Å². The van der Waals surface area contributed by atoms with Crippen LogP contribution in [0.4, 0.5) is 5.13 Å². The first kappa shape index (κ1) is 16.6. The van der Waals surface area contributed by atoms with Crippen LogP contribution < -0.4 is 15.0 Å². The molecule has 25 heavy (non-hydrogen) atoms. The van der Waals surface area contributed by atoms with E-state index < -0.39 is 0 Å². The molecule has 1 aromatic carbocycles. The Morgan fingerprint density at radius 1 is 1.32 bits per heavy atom. The molecule has 2 fully saturated rings. The van der Waals surface area contributed by atoms with E-state index in [4.69, 9.17) is 9.72 Å². The number of nitrogens with one attached hydrogen (secondary N) is 1. The van der Waals surface area contributed by atoms with Crippen molar-refractivity contribution in [3.8, 4) is 5.75 Å². The zero-order valence-electron chi connectivity index (χ0n) is 14.7. The van der Waals surface area contributed by atoms with Crippen molar-refractivity contribution in [2.75, 3.05) is 25.1 Å². The molecule has 0 bridgehead atoms. The lowest BCUT2D eigenvalue weighted by Gasteiger charge is -2.32. The van der Waals surface area contributed by atoms with Gasteiger partial charge in [0.25, 0.3) is 0 Å². The van der Waals surface area contributed by atoms with Gasteiger partial charge in [-0.1, -0.05) is 11.3 Å². The third-order valence-corrected chi connectivity index (χ3v) is 6.51. The zero-order valence-corrected chi connectivity index (χ0v) is 15.5. The summed E-state index contributed by atoms with van der Waals surface area (Å²) in [6.45, 7) is 1.97. The molecule has 1 aliphatic carbocycles. The predicted molar refractivity (Wildman–Crippen MR) is 102 cm³/mol. The highest BCUT2D eigenvalue weighted by Gasteiger charge is 2.25. The van der Waals surface area contributed by atoms with Crippen LogP contribution in [0.5, 0.6) is 5.75 Å². The third kappa shape index (κ3) is 3.73. The summed E-state index contributed by atoms with van der Waals surface area (Å²) >= 11 is 1.74. The van der Waals surface area contributed by atoms with Crippen LogP contribution in [0, 0.1) is 5.92 Å². The summed E-state index contributed by atoms with van der Waals surface area (Å²) in [7, 11) is 1.68. The normalized spacial score (nSPS) is 19.0. The van der Waals surface area contributed by atoms with E-state index in [0.29, 0.717) is 18.4 Å². The number of thiazole rings is 1. The van der Waals surface area contributed by atoms with Crippen LogP contribution in [0.25, 0.3) is 10.2 Å². The van der Waals surface area contributed by atoms with Gasteiger partial charge in [-0.3, -0.25) is 4.79 Å². The minimum Gasteiger partial charge on any atom is -0.497 e. The first-order valence-electron chi connectivity index (χ1n) is 9.20. The average Bonchev–Trinajstić information content (AvgIpc) is 3.02. The van der Waals surface area contributed by atoms with Gasteiger partial charge in [0, 0.05) is 31.6 Å². The van der Waals surface area contributed by atoms with Crippen molar-refractivity contribution in [3.63, 3.8) is 0 Å². The summed E-state index contributed by atoms with van der Waals surface area (Å²) in [5.41, 5.74) is 1.00. The molecule has 1 saturated carbocycles. The van der Waals surface area contributed by atoms with Crippen LogP contribution in [0.2, 0.25) is 0 Å². The molecule has 1 N–H and O–H groups in total. The summed E-state index contributed by atoms with van der Waals surface area (Å²) in [5.74, 6) is 1.60. The number of nitrogens with zero attached hydrogens (tertiary/aromatic N) is 2. The number of amides is 1. The molecule has 0 unspecified atom stereocenters. The lowest BCUT2D eigenvalue weighted by Crippen LogP contribution is -2.41. The van der Waals surface area contributed by atoms with E-state index in [-0.39, 0.29) is 5.91 Å². The molecule has 1 aromatic heterocycles. The van der Waals surface area contributed by atoms with Crippen LogP contribution in [0.3, 0.4) is 0 Å². The van der Waals surface area contributed by atoms with Gasteiger partial charge in [-0.2, -0.15) is 0 Å². The Kier molecular flexibility index (Phi) is 4.79. The largest absolute Gasteiger partial charge is 0.497 e. The zero-order chi connectivity index (χ0) is 17.2. The number of aromatic nitrogens is 1. The van der Waals surface area contributed by atoms with Gasteiger partial charge < -0.3 is 15.0 Å². The van der Waals surface area contributed by atoms with Crippen molar-refractivity contribution >= 4 is 32.6 Å². The molecular weight excluding hydrogens is 334 g/mol. The molecule has 2 aromatic rings. The molecule has 0 radical (unpaired) electrons. The number of hydrogen-bond donors (Lipinski definition) is 1. The molecule has 2 aliphatic rings. The van der Waals surface area contributed by atoms with Gasteiger partial charge in [-0.25, -0.2) is 4.98 Å². The lowest BCUT2D eigenvalue weighted by atomic mass is 9.91. The second-order valence-corrected chi connectivity index (χ2v) is 8.17. The van der Waals surface area contributed by atoms with Crippen molar-refractivity contribution in [3.05, 3.63) is 18.2 Å². The summed E-state index contributed by atoms with van der Waals surface area (Å²) in [5, 5.41) is 4.24. The number of ether oxygens (including phenoxy) is 1. The molecule has 1 aliphatic heterocycles. The quantitative estimate of drug-likeness (QED) is 0.886. The first-order valence-corrected chi connectivity index (χ1v) is 10.0. The van der Waals surface area contributed by atoms with Gasteiger partial charge in [0.1, 0.15) is 5.75 Å². The van der Waals surface area contributed by atoms with Gasteiger partial charge in [0.15, 0.2) is 5.13 Å². The second kappa shape index (κ2) is 7.20. The maximum Gasteiger partial charge on any atom is 0.220 e. The molecule has 4 rings (SSSR count).